The molecule has 3 nitrogen and oxygen atoms in total. The van der Waals surface area contributed by atoms with Gasteiger partial charge in [-0.25, -0.2) is 0 Å². The Bertz CT molecular complexity index is 485. The molecule has 2 rings (SSSR count). The number of aromatic nitrogens is 1. The van der Waals surface area contributed by atoms with Crippen LogP contribution in [-0.2, 0) is 0 Å². The number of benzene rings is 1. The van der Waals surface area contributed by atoms with Gasteiger partial charge in [-0.15, -0.1) is 0 Å². The summed E-state index contributed by atoms with van der Waals surface area (Å²) in [6.07, 6.45) is 0. The molecule has 0 radical (unpaired) electrons. The fraction of sp³-hybridized carbons (Fsp3) is 0.182. The van der Waals surface area contributed by atoms with Gasteiger partial charge in [-0.05, 0) is 48.6 Å². The predicted molar refractivity (Wildman–Crippen MR) is 68.5 cm³/mol. The molecule has 0 bridgehead atoms. The van der Waals surface area contributed by atoms with Crippen LogP contribution in [0.1, 0.15) is 11.1 Å². The monoisotopic (exact) mass is 314 g/mol. The highest BCUT2D eigenvalue weighted by molar-refractivity contribution is 14.1. The first-order valence-electron chi connectivity index (χ1n) is 4.57. The van der Waals surface area contributed by atoms with Crippen molar-refractivity contribution in [2.24, 2.45) is 0 Å². The minimum Gasteiger partial charge on any atom is -0.380 e. The molecular weight excluding hydrogens is 303 g/mol. The van der Waals surface area contributed by atoms with E-state index in [4.69, 9.17) is 10.3 Å². The first-order chi connectivity index (χ1) is 7.08. The molecule has 15 heavy (non-hydrogen) atoms. The lowest BCUT2D eigenvalue weighted by Gasteiger charge is -2.01. The molecule has 0 amide bonds. The maximum absolute atomic E-state index is 5.64. The van der Waals surface area contributed by atoms with E-state index >= 15 is 0 Å². The van der Waals surface area contributed by atoms with Crippen LogP contribution in [0.15, 0.2) is 22.7 Å². The number of hydrogen-bond donors (Lipinski definition) is 1. The minimum absolute atomic E-state index is 0.449. The van der Waals surface area contributed by atoms with Gasteiger partial charge in [0.1, 0.15) is 3.57 Å². The number of aryl methyl sites for hydroxylation is 2. The van der Waals surface area contributed by atoms with Crippen molar-refractivity contribution < 1.29 is 4.52 Å². The molecular formula is C11H11IN2O. The third-order valence-electron chi connectivity index (χ3n) is 2.14. The summed E-state index contributed by atoms with van der Waals surface area (Å²) in [4.78, 5) is 0. The van der Waals surface area contributed by atoms with Crippen molar-refractivity contribution >= 4 is 28.4 Å². The molecule has 0 saturated carbocycles. The molecule has 0 unspecified atom stereocenters. The number of nitrogen functional groups attached to an aromatic ring is 1. The molecule has 0 fully saturated rings. The maximum atomic E-state index is 5.64. The third kappa shape index (κ3) is 1.99. The fourth-order valence-corrected chi connectivity index (χ4v) is 2.08. The summed E-state index contributed by atoms with van der Waals surface area (Å²) in [6, 6.07) is 6.25. The summed E-state index contributed by atoms with van der Waals surface area (Å²) < 4.78 is 6.08. The first-order valence-corrected chi connectivity index (χ1v) is 5.65. The first kappa shape index (κ1) is 10.5. The topological polar surface area (TPSA) is 52.0 Å². The smallest absolute Gasteiger partial charge is 0.182 e. The lowest BCUT2D eigenvalue weighted by molar-refractivity contribution is 0.435. The van der Waals surface area contributed by atoms with Gasteiger partial charge in [0.15, 0.2) is 11.6 Å². The van der Waals surface area contributed by atoms with E-state index in [1.807, 2.05) is 0 Å². The van der Waals surface area contributed by atoms with Crippen LogP contribution in [0.5, 0.6) is 0 Å². The fourth-order valence-electron chi connectivity index (χ4n) is 1.58. The Labute approximate surface area is 102 Å². The van der Waals surface area contributed by atoms with Crippen LogP contribution in [0.25, 0.3) is 11.3 Å². The Hall–Kier alpha value is -1.04. The van der Waals surface area contributed by atoms with E-state index in [-0.39, 0.29) is 0 Å². The molecule has 2 aromatic rings. The number of hydrogen-bond acceptors (Lipinski definition) is 3. The maximum Gasteiger partial charge on any atom is 0.182 e. The lowest BCUT2D eigenvalue weighted by atomic mass is 10.1. The second-order valence-corrected chi connectivity index (χ2v) is 4.67. The summed E-state index contributed by atoms with van der Waals surface area (Å²) in [7, 11) is 0. The minimum atomic E-state index is 0.449. The van der Waals surface area contributed by atoms with E-state index < -0.39 is 0 Å². The molecule has 0 aliphatic carbocycles. The average Bonchev–Trinajstić information content (AvgIpc) is 2.46. The second-order valence-electron chi connectivity index (χ2n) is 3.59. The van der Waals surface area contributed by atoms with E-state index in [1.54, 1.807) is 0 Å². The van der Waals surface area contributed by atoms with Gasteiger partial charge in [0.25, 0.3) is 0 Å². The van der Waals surface area contributed by atoms with Crippen molar-refractivity contribution in [2.75, 3.05) is 5.73 Å². The lowest BCUT2D eigenvalue weighted by Crippen LogP contribution is -1.87. The molecule has 1 aromatic heterocycles. The predicted octanol–water partition coefficient (Wildman–Crippen LogP) is 3.15. The van der Waals surface area contributed by atoms with Gasteiger partial charge in [-0.3, -0.25) is 0 Å². The Kier molecular flexibility index (Phi) is 2.68. The van der Waals surface area contributed by atoms with Gasteiger partial charge in [-0.1, -0.05) is 22.3 Å². The van der Waals surface area contributed by atoms with Crippen molar-refractivity contribution in [1.82, 2.24) is 5.16 Å². The van der Waals surface area contributed by atoms with E-state index in [9.17, 15) is 0 Å². The van der Waals surface area contributed by atoms with Crippen molar-refractivity contribution in [3.63, 3.8) is 0 Å². The molecule has 78 valence electrons. The zero-order valence-electron chi connectivity index (χ0n) is 8.54. The molecule has 4 heteroatoms. The molecule has 0 aliphatic heterocycles. The standard InChI is InChI=1S/C11H11IN2O/c1-6-3-7(2)5-8(4-6)10-9(12)11(13)14-15-10/h3-5H,1-2H3,(H2,13,14). The Morgan fingerprint density at radius 2 is 1.80 bits per heavy atom. The second kappa shape index (κ2) is 3.84. The summed E-state index contributed by atoms with van der Waals surface area (Å²) in [5, 5.41) is 3.75. The number of nitrogens with two attached hydrogens (primary N) is 1. The average molecular weight is 314 g/mol. The third-order valence-corrected chi connectivity index (χ3v) is 3.19. The highest BCUT2D eigenvalue weighted by Crippen LogP contribution is 2.30. The van der Waals surface area contributed by atoms with E-state index in [0.717, 1.165) is 14.9 Å². The summed E-state index contributed by atoms with van der Waals surface area (Å²) in [5.74, 6) is 1.20. The normalized spacial score (nSPS) is 10.6. The molecule has 0 atom stereocenters. The van der Waals surface area contributed by atoms with Crippen LogP contribution in [0.3, 0.4) is 0 Å². The Morgan fingerprint density at radius 3 is 2.27 bits per heavy atom. The number of halogens is 1. The number of nitrogens with zero attached hydrogens (tertiary/aromatic N) is 1. The van der Waals surface area contributed by atoms with E-state index in [1.165, 1.54) is 11.1 Å². The summed E-state index contributed by atoms with van der Waals surface area (Å²) in [6.45, 7) is 4.12. The SMILES string of the molecule is Cc1cc(C)cc(-c2onc(N)c2I)c1. The largest absolute Gasteiger partial charge is 0.380 e. The van der Waals surface area contributed by atoms with Crippen molar-refractivity contribution in [1.29, 1.82) is 0 Å². The van der Waals surface area contributed by atoms with E-state index in [2.05, 4.69) is 59.8 Å². The highest BCUT2D eigenvalue weighted by Gasteiger charge is 2.13. The van der Waals surface area contributed by atoms with Crippen LogP contribution >= 0.6 is 22.6 Å². The van der Waals surface area contributed by atoms with Gasteiger partial charge in [0.2, 0.25) is 0 Å². The van der Waals surface area contributed by atoms with Crippen molar-refractivity contribution in [3.05, 3.63) is 32.9 Å². The van der Waals surface area contributed by atoms with Crippen LogP contribution in [0.2, 0.25) is 0 Å². The van der Waals surface area contributed by atoms with Gasteiger partial charge in [0, 0.05) is 5.56 Å². The van der Waals surface area contributed by atoms with E-state index in [0.29, 0.717) is 5.82 Å². The van der Waals surface area contributed by atoms with Crippen LogP contribution < -0.4 is 5.73 Å². The molecule has 0 aliphatic rings. The zero-order valence-corrected chi connectivity index (χ0v) is 10.7. The molecule has 0 spiro atoms. The van der Waals surface area contributed by atoms with Gasteiger partial charge >= 0.3 is 0 Å². The van der Waals surface area contributed by atoms with Gasteiger partial charge in [-0.2, -0.15) is 0 Å². The van der Waals surface area contributed by atoms with Crippen LogP contribution in [0, 0.1) is 17.4 Å². The zero-order chi connectivity index (χ0) is 11.0. The highest BCUT2D eigenvalue weighted by atomic mass is 127. The van der Waals surface area contributed by atoms with Crippen LogP contribution in [-0.4, -0.2) is 5.16 Å². The van der Waals surface area contributed by atoms with Gasteiger partial charge < -0.3 is 10.3 Å². The Morgan fingerprint density at radius 1 is 1.20 bits per heavy atom. The molecule has 1 aromatic carbocycles. The summed E-state index contributed by atoms with van der Waals surface area (Å²) in [5.41, 5.74) is 9.08. The van der Waals surface area contributed by atoms with Crippen molar-refractivity contribution in [2.45, 2.75) is 13.8 Å². The quantitative estimate of drug-likeness (QED) is 0.823. The number of rotatable bonds is 1. The summed E-state index contributed by atoms with van der Waals surface area (Å²) >= 11 is 2.15. The molecule has 1 heterocycles. The van der Waals surface area contributed by atoms with Crippen LogP contribution in [0.4, 0.5) is 5.82 Å². The molecule has 2 N–H and O–H groups in total. The molecule has 0 saturated heterocycles. The van der Waals surface area contributed by atoms with Crippen molar-refractivity contribution in [3.8, 4) is 11.3 Å². The number of anilines is 1. The van der Waals surface area contributed by atoms with Gasteiger partial charge in [0.05, 0.1) is 0 Å². The Balaban J connectivity index is 2.58.